The quantitative estimate of drug-likeness (QED) is 0.327. The molecule has 0 radical (unpaired) electrons. The van der Waals surface area contributed by atoms with Crippen molar-refractivity contribution in [3.63, 3.8) is 0 Å². The number of hydrogen-bond acceptors (Lipinski definition) is 7. The molecular formula is C23H32N4O5. The van der Waals surface area contributed by atoms with Gasteiger partial charge in [0.1, 0.15) is 0 Å². The van der Waals surface area contributed by atoms with E-state index in [1.807, 2.05) is 4.90 Å². The van der Waals surface area contributed by atoms with Gasteiger partial charge in [0.2, 0.25) is 0 Å². The van der Waals surface area contributed by atoms with E-state index >= 15 is 0 Å². The Morgan fingerprint density at radius 3 is 2.38 bits per heavy atom. The molecule has 0 bridgehead atoms. The van der Waals surface area contributed by atoms with Gasteiger partial charge in [-0.15, -0.1) is 6.42 Å². The van der Waals surface area contributed by atoms with Gasteiger partial charge in [-0.3, -0.25) is 14.6 Å². The van der Waals surface area contributed by atoms with Crippen molar-refractivity contribution < 1.29 is 24.6 Å². The fraction of sp³-hybridized carbons (Fsp3) is 0.565. The summed E-state index contributed by atoms with van der Waals surface area (Å²) in [5.41, 5.74) is 4.34. The lowest BCUT2D eigenvalue weighted by molar-refractivity contribution is -0.150. The Morgan fingerprint density at radius 1 is 1.31 bits per heavy atom. The SMILES string of the molecule is C#C[C@@H](N)CC(=O)O.CCC(C(=O)O)(C(=O)C1CCCNC1)N(c1ccncc1)C1CC1. The monoisotopic (exact) mass is 444 g/mol. The molecule has 5 N–H and O–H groups in total. The molecule has 0 spiro atoms. The predicted octanol–water partition coefficient (Wildman–Crippen LogP) is 1.27. The third kappa shape index (κ3) is 6.05. The van der Waals surface area contributed by atoms with Gasteiger partial charge in [0.15, 0.2) is 11.3 Å². The average Bonchev–Trinajstić information content (AvgIpc) is 3.63. The summed E-state index contributed by atoms with van der Waals surface area (Å²) < 4.78 is 0. The van der Waals surface area contributed by atoms with Crippen LogP contribution in [0.3, 0.4) is 0 Å². The molecule has 2 heterocycles. The Balaban J connectivity index is 0.000000390. The first-order chi connectivity index (χ1) is 15.3. The van der Waals surface area contributed by atoms with E-state index in [2.05, 4.69) is 16.2 Å². The highest BCUT2D eigenvalue weighted by Gasteiger charge is 2.55. The summed E-state index contributed by atoms with van der Waals surface area (Å²) in [6.45, 7) is 3.27. The minimum absolute atomic E-state index is 0.115. The molecule has 1 aromatic rings. The molecule has 3 atom stereocenters. The number of piperidine rings is 1. The van der Waals surface area contributed by atoms with Crippen LogP contribution < -0.4 is 16.0 Å². The molecule has 0 amide bonds. The molecule has 9 heteroatoms. The third-order valence-electron chi connectivity index (χ3n) is 5.81. The Morgan fingerprint density at radius 2 is 1.97 bits per heavy atom. The van der Waals surface area contributed by atoms with Crippen LogP contribution in [-0.4, -0.2) is 63.6 Å². The van der Waals surface area contributed by atoms with E-state index in [1.165, 1.54) is 0 Å². The molecule has 0 aromatic carbocycles. The highest BCUT2D eigenvalue weighted by molar-refractivity contribution is 6.12. The minimum atomic E-state index is -1.49. The van der Waals surface area contributed by atoms with E-state index < -0.39 is 23.5 Å². The molecular weight excluding hydrogens is 412 g/mol. The number of nitrogens with one attached hydrogen (secondary N) is 1. The number of nitrogens with two attached hydrogens (primary N) is 1. The van der Waals surface area contributed by atoms with Crippen molar-refractivity contribution >= 4 is 23.4 Å². The number of carbonyl (C=O) groups is 3. The normalized spacial score (nSPS) is 20.5. The Hall–Kier alpha value is -2.96. The van der Waals surface area contributed by atoms with Gasteiger partial charge in [0, 0.05) is 36.6 Å². The van der Waals surface area contributed by atoms with Gasteiger partial charge in [-0.1, -0.05) is 12.8 Å². The number of carboxylic acids is 2. The van der Waals surface area contributed by atoms with E-state index in [1.54, 1.807) is 31.5 Å². The highest BCUT2D eigenvalue weighted by atomic mass is 16.4. The third-order valence-corrected chi connectivity index (χ3v) is 5.81. The van der Waals surface area contributed by atoms with Crippen LogP contribution in [0.2, 0.25) is 0 Å². The van der Waals surface area contributed by atoms with Gasteiger partial charge < -0.3 is 26.2 Å². The van der Waals surface area contributed by atoms with Gasteiger partial charge in [-0.25, -0.2) is 4.79 Å². The molecule has 2 unspecified atom stereocenters. The first kappa shape index (κ1) is 25.3. The van der Waals surface area contributed by atoms with E-state index in [-0.39, 0.29) is 30.6 Å². The Kier molecular flexibility index (Phi) is 9.17. The molecule has 9 nitrogen and oxygen atoms in total. The van der Waals surface area contributed by atoms with Crippen molar-refractivity contribution in [1.82, 2.24) is 10.3 Å². The van der Waals surface area contributed by atoms with Crippen LogP contribution in [0.15, 0.2) is 24.5 Å². The first-order valence-electron chi connectivity index (χ1n) is 10.9. The molecule has 2 aliphatic rings. The van der Waals surface area contributed by atoms with Crippen LogP contribution in [-0.2, 0) is 14.4 Å². The summed E-state index contributed by atoms with van der Waals surface area (Å²) in [6, 6.07) is 3.08. The van der Waals surface area contributed by atoms with Gasteiger partial charge in [-0.05, 0) is 50.8 Å². The Labute approximate surface area is 188 Å². The molecule has 32 heavy (non-hydrogen) atoms. The van der Waals surface area contributed by atoms with Crippen molar-refractivity contribution in [3.05, 3.63) is 24.5 Å². The summed E-state index contributed by atoms with van der Waals surface area (Å²) in [4.78, 5) is 41.4. The molecule has 3 rings (SSSR count). The number of pyridine rings is 1. The van der Waals surface area contributed by atoms with E-state index in [0.717, 1.165) is 37.9 Å². The zero-order chi connectivity index (χ0) is 23.7. The van der Waals surface area contributed by atoms with E-state index in [9.17, 15) is 19.5 Å². The number of ketones is 1. The van der Waals surface area contributed by atoms with Crippen molar-refractivity contribution in [2.24, 2.45) is 11.7 Å². The standard InChI is InChI=1S/C18H25N3O3.C5H7NO2/c1-2-18(17(23)24,16(22)13-4-3-9-20-12-13)21(14-5-6-14)15-7-10-19-11-8-15;1-2-4(6)3-5(7)8/h7-8,10-11,13-14,20H,2-6,9,12H2,1H3,(H,23,24);1,4H,3,6H2,(H,7,8)/t;4-/m.1/s1. The fourth-order valence-electron chi connectivity index (χ4n) is 4.06. The molecule has 1 aliphatic heterocycles. The van der Waals surface area contributed by atoms with Crippen LogP contribution in [0.5, 0.6) is 0 Å². The Bertz CT molecular complexity index is 831. The number of anilines is 1. The zero-order valence-corrected chi connectivity index (χ0v) is 18.4. The number of nitrogens with zero attached hydrogens (tertiary/aromatic N) is 2. The number of aromatic nitrogens is 1. The van der Waals surface area contributed by atoms with Gasteiger partial charge in [-0.2, -0.15) is 0 Å². The number of carbonyl (C=O) groups excluding carboxylic acids is 1. The number of rotatable bonds is 9. The van der Waals surface area contributed by atoms with Crippen LogP contribution in [0.4, 0.5) is 5.69 Å². The maximum Gasteiger partial charge on any atom is 0.337 e. The lowest BCUT2D eigenvalue weighted by Gasteiger charge is -2.43. The zero-order valence-electron chi connectivity index (χ0n) is 18.4. The fourth-order valence-corrected chi connectivity index (χ4v) is 4.06. The summed E-state index contributed by atoms with van der Waals surface area (Å²) >= 11 is 0. The van der Waals surface area contributed by atoms with Crippen molar-refractivity contribution in [2.45, 2.75) is 63.1 Å². The second-order valence-corrected chi connectivity index (χ2v) is 8.10. The predicted molar refractivity (Wildman–Crippen MR) is 120 cm³/mol. The number of terminal acetylenes is 1. The maximum absolute atomic E-state index is 13.4. The van der Waals surface area contributed by atoms with Crippen molar-refractivity contribution in [3.8, 4) is 12.3 Å². The van der Waals surface area contributed by atoms with Crippen LogP contribution >= 0.6 is 0 Å². The summed E-state index contributed by atoms with van der Waals surface area (Å²) in [5, 5.41) is 21.4. The first-order valence-corrected chi connectivity index (χ1v) is 10.9. The lowest BCUT2D eigenvalue weighted by atomic mass is 9.78. The van der Waals surface area contributed by atoms with Gasteiger partial charge >= 0.3 is 11.9 Å². The van der Waals surface area contributed by atoms with Gasteiger partial charge in [0.05, 0.1) is 12.5 Å². The van der Waals surface area contributed by atoms with Crippen LogP contribution in [0.1, 0.15) is 45.4 Å². The molecule has 2 fully saturated rings. The summed E-state index contributed by atoms with van der Waals surface area (Å²) in [7, 11) is 0. The lowest BCUT2D eigenvalue weighted by Crippen LogP contribution is -2.64. The van der Waals surface area contributed by atoms with E-state index in [0.29, 0.717) is 6.54 Å². The van der Waals surface area contributed by atoms with Crippen molar-refractivity contribution in [2.75, 3.05) is 18.0 Å². The van der Waals surface area contributed by atoms with E-state index in [4.69, 9.17) is 17.3 Å². The molecule has 1 saturated heterocycles. The molecule has 1 saturated carbocycles. The average molecular weight is 445 g/mol. The molecule has 174 valence electrons. The smallest absolute Gasteiger partial charge is 0.337 e. The molecule has 1 aromatic heterocycles. The maximum atomic E-state index is 13.4. The number of Topliss-reactive ketones (excluding diaryl/α,β-unsaturated/α-hetero) is 1. The number of aliphatic carboxylic acids is 2. The number of carboxylic acid groups (broad SMARTS) is 2. The largest absolute Gasteiger partial charge is 0.481 e. The van der Waals surface area contributed by atoms with Crippen LogP contribution in [0, 0.1) is 18.3 Å². The molecule has 1 aliphatic carbocycles. The van der Waals surface area contributed by atoms with Gasteiger partial charge in [0.25, 0.3) is 0 Å². The number of hydrogen-bond donors (Lipinski definition) is 4. The summed E-state index contributed by atoms with van der Waals surface area (Å²) in [6.07, 6.45) is 11.7. The topological polar surface area (TPSA) is 146 Å². The minimum Gasteiger partial charge on any atom is -0.481 e. The highest BCUT2D eigenvalue weighted by Crippen LogP contribution is 2.41. The van der Waals surface area contributed by atoms with Crippen molar-refractivity contribution in [1.29, 1.82) is 0 Å². The second kappa shape index (κ2) is 11.6. The summed E-state index contributed by atoms with van der Waals surface area (Å²) in [5.74, 6) is -0.304. The van der Waals surface area contributed by atoms with Crippen LogP contribution in [0.25, 0.3) is 0 Å². The second-order valence-electron chi connectivity index (χ2n) is 8.10.